The van der Waals surface area contributed by atoms with Gasteiger partial charge in [0.05, 0.1) is 11.3 Å². The quantitative estimate of drug-likeness (QED) is 0.634. The molecule has 0 aliphatic heterocycles. The van der Waals surface area contributed by atoms with Gasteiger partial charge in [-0.15, -0.1) is 0 Å². The highest BCUT2D eigenvalue weighted by molar-refractivity contribution is 6.04. The number of amides is 2. The highest BCUT2D eigenvalue weighted by Gasteiger charge is 2.18. The fourth-order valence-electron chi connectivity index (χ4n) is 2.67. The van der Waals surface area contributed by atoms with Crippen LogP contribution in [-0.2, 0) is 11.3 Å². The van der Waals surface area contributed by atoms with Crippen molar-refractivity contribution in [2.24, 2.45) is 0 Å². The Hall–Kier alpha value is -3.67. The predicted molar refractivity (Wildman–Crippen MR) is 109 cm³/mol. The van der Waals surface area contributed by atoms with Gasteiger partial charge in [-0.25, -0.2) is 4.39 Å². The van der Waals surface area contributed by atoms with E-state index in [9.17, 15) is 14.0 Å². The Balaban J connectivity index is 1.63. The fourth-order valence-corrected chi connectivity index (χ4v) is 2.67. The van der Waals surface area contributed by atoms with Crippen molar-refractivity contribution in [2.75, 3.05) is 5.32 Å². The first-order chi connectivity index (χ1) is 14.0. The normalized spacial score (nSPS) is 11.4. The zero-order valence-corrected chi connectivity index (χ0v) is 15.9. The summed E-state index contributed by atoms with van der Waals surface area (Å²) in [5.74, 6) is -0.720. The molecule has 0 aliphatic rings. The third kappa shape index (κ3) is 5.65. The Kier molecular flexibility index (Phi) is 6.58. The summed E-state index contributed by atoms with van der Waals surface area (Å²) in [6.07, 6.45) is -0.833. The predicted octanol–water partition coefficient (Wildman–Crippen LogP) is 4.16. The smallest absolute Gasteiger partial charge is 0.265 e. The van der Waals surface area contributed by atoms with Crippen LogP contribution in [0.15, 0.2) is 78.9 Å². The zero-order valence-electron chi connectivity index (χ0n) is 15.9. The van der Waals surface area contributed by atoms with Crippen molar-refractivity contribution in [3.05, 3.63) is 95.8 Å². The van der Waals surface area contributed by atoms with Crippen LogP contribution in [0.3, 0.4) is 0 Å². The van der Waals surface area contributed by atoms with Crippen LogP contribution < -0.4 is 15.4 Å². The molecule has 0 saturated carbocycles. The number of benzene rings is 3. The first-order valence-corrected chi connectivity index (χ1v) is 9.17. The maximum atomic E-state index is 13.0. The lowest BCUT2D eigenvalue weighted by molar-refractivity contribution is -0.122. The summed E-state index contributed by atoms with van der Waals surface area (Å²) in [4.78, 5) is 25.1. The van der Waals surface area contributed by atoms with Crippen molar-refractivity contribution < 1.29 is 18.7 Å². The summed E-state index contributed by atoms with van der Waals surface area (Å²) in [7, 11) is 0. The Morgan fingerprint density at radius 1 is 0.931 bits per heavy atom. The molecule has 0 aromatic heterocycles. The molecule has 0 spiro atoms. The molecule has 148 valence electrons. The maximum Gasteiger partial charge on any atom is 0.265 e. The highest BCUT2D eigenvalue weighted by atomic mass is 19.1. The van der Waals surface area contributed by atoms with Crippen molar-refractivity contribution in [1.82, 2.24) is 5.32 Å². The van der Waals surface area contributed by atoms with Gasteiger partial charge in [-0.2, -0.15) is 0 Å². The second kappa shape index (κ2) is 9.50. The van der Waals surface area contributed by atoms with E-state index in [1.165, 1.54) is 24.3 Å². The molecule has 0 radical (unpaired) electrons. The monoisotopic (exact) mass is 392 g/mol. The number of carbonyl (C=O) groups is 2. The van der Waals surface area contributed by atoms with Crippen LogP contribution in [0.5, 0.6) is 5.75 Å². The lowest BCUT2D eigenvalue weighted by atomic mass is 10.1. The first-order valence-electron chi connectivity index (χ1n) is 9.17. The molecule has 3 aromatic carbocycles. The van der Waals surface area contributed by atoms with Gasteiger partial charge in [-0.1, -0.05) is 42.5 Å². The molecule has 29 heavy (non-hydrogen) atoms. The van der Waals surface area contributed by atoms with Crippen LogP contribution in [0.2, 0.25) is 0 Å². The molecule has 3 aromatic rings. The third-order valence-electron chi connectivity index (χ3n) is 4.22. The van der Waals surface area contributed by atoms with Crippen LogP contribution in [-0.4, -0.2) is 17.9 Å². The third-order valence-corrected chi connectivity index (χ3v) is 4.22. The topological polar surface area (TPSA) is 67.4 Å². The second-order valence-electron chi connectivity index (χ2n) is 6.42. The minimum atomic E-state index is -0.833. The molecule has 2 amide bonds. The van der Waals surface area contributed by atoms with Gasteiger partial charge in [-0.3, -0.25) is 9.59 Å². The number of para-hydroxylation sites is 1. The molecule has 1 atom stereocenters. The molecule has 2 N–H and O–H groups in total. The minimum Gasteiger partial charge on any atom is -0.481 e. The largest absolute Gasteiger partial charge is 0.481 e. The van der Waals surface area contributed by atoms with Crippen LogP contribution in [0.1, 0.15) is 22.8 Å². The summed E-state index contributed by atoms with van der Waals surface area (Å²) < 4.78 is 18.5. The average molecular weight is 392 g/mol. The van der Waals surface area contributed by atoms with Crippen molar-refractivity contribution in [1.29, 1.82) is 0 Å². The summed E-state index contributed by atoms with van der Waals surface area (Å²) >= 11 is 0. The Morgan fingerprint density at radius 3 is 2.31 bits per heavy atom. The number of halogens is 1. The van der Waals surface area contributed by atoms with E-state index in [4.69, 9.17) is 4.74 Å². The molecular weight excluding hydrogens is 371 g/mol. The van der Waals surface area contributed by atoms with E-state index in [0.717, 1.165) is 5.56 Å². The van der Waals surface area contributed by atoms with Gasteiger partial charge in [0, 0.05) is 6.54 Å². The van der Waals surface area contributed by atoms with Crippen LogP contribution >= 0.6 is 0 Å². The molecule has 0 fully saturated rings. The van der Waals surface area contributed by atoms with E-state index in [1.54, 1.807) is 31.2 Å². The number of carbonyl (C=O) groups excluding carboxylic acids is 2. The van der Waals surface area contributed by atoms with Crippen LogP contribution in [0.4, 0.5) is 10.1 Å². The summed E-state index contributed by atoms with van der Waals surface area (Å²) in [6, 6.07) is 21.7. The molecular formula is C23H21FN2O3. The number of anilines is 1. The fraction of sp³-hybridized carbons (Fsp3) is 0.130. The number of rotatable bonds is 7. The molecule has 3 rings (SSSR count). The standard InChI is InChI=1S/C23H21FN2O3/c1-16(29-19-13-11-18(24)12-14-19)22(27)26-21-10-6-5-9-20(21)23(28)25-15-17-7-3-2-4-8-17/h2-14,16H,15H2,1H3,(H,25,28)(H,26,27)/t16-/m1/s1. The Labute approximate surface area is 168 Å². The number of ether oxygens (including phenoxy) is 1. The Bertz CT molecular complexity index is 975. The molecule has 0 heterocycles. The van der Waals surface area contributed by atoms with Crippen molar-refractivity contribution in [2.45, 2.75) is 19.6 Å². The van der Waals surface area contributed by atoms with Gasteiger partial charge in [0.25, 0.3) is 11.8 Å². The summed E-state index contributed by atoms with van der Waals surface area (Å²) in [5.41, 5.74) is 1.71. The van der Waals surface area contributed by atoms with E-state index in [2.05, 4.69) is 10.6 Å². The van der Waals surface area contributed by atoms with Gasteiger partial charge in [0.1, 0.15) is 11.6 Å². The number of hydrogen-bond donors (Lipinski definition) is 2. The van der Waals surface area contributed by atoms with E-state index < -0.39 is 12.0 Å². The molecule has 5 nitrogen and oxygen atoms in total. The molecule has 0 saturated heterocycles. The van der Waals surface area contributed by atoms with Crippen molar-refractivity contribution in [3.8, 4) is 5.75 Å². The van der Waals surface area contributed by atoms with E-state index in [0.29, 0.717) is 23.5 Å². The number of nitrogens with one attached hydrogen (secondary N) is 2. The van der Waals surface area contributed by atoms with Gasteiger partial charge in [0.2, 0.25) is 0 Å². The lowest BCUT2D eigenvalue weighted by Crippen LogP contribution is -2.31. The zero-order chi connectivity index (χ0) is 20.6. The lowest BCUT2D eigenvalue weighted by Gasteiger charge is -2.16. The second-order valence-corrected chi connectivity index (χ2v) is 6.42. The van der Waals surface area contributed by atoms with Gasteiger partial charge >= 0.3 is 0 Å². The molecule has 0 unspecified atom stereocenters. The first kappa shape index (κ1) is 20.1. The summed E-state index contributed by atoms with van der Waals surface area (Å²) in [6.45, 7) is 1.96. The average Bonchev–Trinajstić information content (AvgIpc) is 2.74. The van der Waals surface area contributed by atoms with Crippen LogP contribution in [0, 0.1) is 5.82 Å². The number of hydrogen-bond acceptors (Lipinski definition) is 3. The highest BCUT2D eigenvalue weighted by Crippen LogP contribution is 2.17. The molecule has 0 bridgehead atoms. The van der Waals surface area contributed by atoms with E-state index in [1.807, 2.05) is 30.3 Å². The maximum absolute atomic E-state index is 13.0. The van der Waals surface area contributed by atoms with Gasteiger partial charge < -0.3 is 15.4 Å². The van der Waals surface area contributed by atoms with Crippen LogP contribution in [0.25, 0.3) is 0 Å². The van der Waals surface area contributed by atoms with Gasteiger partial charge in [0.15, 0.2) is 6.10 Å². The van der Waals surface area contributed by atoms with E-state index in [-0.39, 0.29) is 11.7 Å². The summed E-state index contributed by atoms with van der Waals surface area (Å²) in [5, 5.41) is 5.57. The van der Waals surface area contributed by atoms with Gasteiger partial charge in [-0.05, 0) is 48.9 Å². The van der Waals surface area contributed by atoms with Crippen molar-refractivity contribution >= 4 is 17.5 Å². The molecule has 6 heteroatoms. The van der Waals surface area contributed by atoms with E-state index >= 15 is 0 Å². The minimum absolute atomic E-state index is 0.295. The Morgan fingerprint density at radius 2 is 1.59 bits per heavy atom. The van der Waals surface area contributed by atoms with Crippen molar-refractivity contribution in [3.63, 3.8) is 0 Å². The SMILES string of the molecule is C[C@@H](Oc1ccc(F)cc1)C(=O)Nc1ccccc1C(=O)NCc1ccccc1. The molecule has 0 aliphatic carbocycles.